The van der Waals surface area contributed by atoms with E-state index in [9.17, 15) is 10.2 Å². The molecule has 0 saturated carbocycles. The fourth-order valence-corrected chi connectivity index (χ4v) is 2.32. The van der Waals surface area contributed by atoms with Gasteiger partial charge in [0.15, 0.2) is 0 Å². The first-order valence-electron chi connectivity index (χ1n) is 5.77. The Hall–Kier alpha value is -0.900. The molecule has 0 aliphatic carbocycles. The number of aliphatic hydroxyl groups is 2. The van der Waals surface area contributed by atoms with Crippen molar-refractivity contribution in [3.05, 3.63) is 35.9 Å². The molecule has 2 N–H and O–H groups in total. The van der Waals surface area contributed by atoms with Crippen molar-refractivity contribution in [2.24, 2.45) is 0 Å². The van der Waals surface area contributed by atoms with Crippen LogP contribution in [-0.2, 0) is 6.54 Å². The molecule has 0 aromatic heterocycles. The maximum absolute atomic E-state index is 10.1. The first kappa shape index (κ1) is 11.6. The van der Waals surface area contributed by atoms with Crippen LogP contribution in [0.1, 0.15) is 18.9 Å². The van der Waals surface area contributed by atoms with Crippen molar-refractivity contribution in [2.45, 2.75) is 31.5 Å². The standard InChI is InChI=1S/C13H19NO2/c1-11-13(16,10-15)7-8-14(11)9-12-5-3-2-4-6-12/h2-6,11,15-16H,7-10H2,1H3. The molecule has 16 heavy (non-hydrogen) atoms. The van der Waals surface area contributed by atoms with Crippen LogP contribution in [0.4, 0.5) is 0 Å². The number of aliphatic hydroxyl groups excluding tert-OH is 1. The molecule has 0 bridgehead atoms. The van der Waals surface area contributed by atoms with Crippen LogP contribution in [0.25, 0.3) is 0 Å². The second-order valence-corrected chi connectivity index (χ2v) is 4.64. The Kier molecular flexibility index (Phi) is 3.28. The minimum Gasteiger partial charge on any atom is -0.393 e. The highest BCUT2D eigenvalue weighted by Crippen LogP contribution is 2.29. The number of likely N-dealkylation sites (tertiary alicyclic amines) is 1. The van der Waals surface area contributed by atoms with E-state index >= 15 is 0 Å². The van der Waals surface area contributed by atoms with Crippen molar-refractivity contribution < 1.29 is 10.2 Å². The fraction of sp³-hybridized carbons (Fsp3) is 0.538. The van der Waals surface area contributed by atoms with Gasteiger partial charge in [-0.3, -0.25) is 4.90 Å². The van der Waals surface area contributed by atoms with Crippen LogP contribution >= 0.6 is 0 Å². The van der Waals surface area contributed by atoms with Crippen molar-refractivity contribution in [2.75, 3.05) is 13.2 Å². The van der Waals surface area contributed by atoms with E-state index in [2.05, 4.69) is 17.0 Å². The van der Waals surface area contributed by atoms with Crippen molar-refractivity contribution >= 4 is 0 Å². The molecule has 2 atom stereocenters. The monoisotopic (exact) mass is 221 g/mol. The Morgan fingerprint density at radius 2 is 2.06 bits per heavy atom. The highest BCUT2D eigenvalue weighted by molar-refractivity contribution is 5.15. The zero-order chi connectivity index (χ0) is 11.6. The van der Waals surface area contributed by atoms with Gasteiger partial charge in [-0.25, -0.2) is 0 Å². The topological polar surface area (TPSA) is 43.7 Å². The number of hydrogen-bond acceptors (Lipinski definition) is 3. The van der Waals surface area contributed by atoms with Gasteiger partial charge in [0.2, 0.25) is 0 Å². The first-order valence-corrected chi connectivity index (χ1v) is 5.77. The molecule has 1 aromatic carbocycles. The largest absolute Gasteiger partial charge is 0.393 e. The van der Waals surface area contributed by atoms with Crippen molar-refractivity contribution in [3.63, 3.8) is 0 Å². The molecule has 0 radical (unpaired) electrons. The van der Waals surface area contributed by atoms with Gasteiger partial charge in [-0.15, -0.1) is 0 Å². The predicted molar refractivity (Wildman–Crippen MR) is 63.0 cm³/mol. The van der Waals surface area contributed by atoms with Crippen LogP contribution in [-0.4, -0.2) is 39.9 Å². The predicted octanol–water partition coefficient (Wildman–Crippen LogP) is 1.00. The first-order chi connectivity index (χ1) is 7.65. The van der Waals surface area contributed by atoms with Gasteiger partial charge < -0.3 is 10.2 Å². The Bertz CT molecular complexity index is 341. The number of benzene rings is 1. The van der Waals surface area contributed by atoms with Crippen molar-refractivity contribution in [3.8, 4) is 0 Å². The van der Waals surface area contributed by atoms with Gasteiger partial charge in [0, 0.05) is 19.1 Å². The van der Waals surface area contributed by atoms with Crippen LogP contribution < -0.4 is 0 Å². The molecule has 1 fully saturated rings. The maximum atomic E-state index is 10.1. The Balaban J connectivity index is 2.03. The normalized spacial score (nSPS) is 30.8. The number of hydrogen-bond donors (Lipinski definition) is 2. The van der Waals surface area contributed by atoms with Crippen LogP contribution in [0.5, 0.6) is 0 Å². The molecule has 2 unspecified atom stereocenters. The van der Waals surface area contributed by atoms with E-state index in [1.165, 1.54) is 5.56 Å². The van der Waals surface area contributed by atoms with E-state index in [0.717, 1.165) is 13.1 Å². The molecule has 1 heterocycles. The third kappa shape index (κ3) is 2.12. The Morgan fingerprint density at radius 3 is 2.62 bits per heavy atom. The number of nitrogens with zero attached hydrogens (tertiary/aromatic N) is 1. The fourth-order valence-electron chi connectivity index (χ4n) is 2.32. The Morgan fingerprint density at radius 1 is 1.38 bits per heavy atom. The van der Waals surface area contributed by atoms with E-state index in [4.69, 9.17) is 0 Å². The maximum Gasteiger partial charge on any atom is 0.104 e. The molecule has 0 spiro atoms. The lowest BCUT2D eigenvalue weighted by Gasteiger charge is -2.29. The van der Waals surface area contributed by atoms with Crippen LogP contribution in [0.3, 0.4) is 0 Å². The van der Waals surface area contributed by atoms with Crippen LogP contribution in [0, 0.1) is 0 Å². The minimum absolute atomic E-state index is 0.0118. The summed E-state index contributed by atoms with van der Waals surface area (Å²) in [5, 5.41) is 19.3. The summed E-state index contributed by atoms with van der Waals surface area (Å²) in [4.78, 5) is 2.21. The average molecular weight is 221 g/mol. The molecule has 1 aromatic rings. The third-order valence-electron chi connectivity index (χ3n) is 3.66. The van der Waals surface area contributed by atoms with Gasteiger partial charge >= 0.3 is 0 Å². The average Bonchev–Trinajstić information content (AvgIpc) is 2.60. The molecule has 3 nitrogen and oxygen atoms in total. The smallest absolute Gasteiger partial charge is 0.104 e. The van der Waals surface area contributed by atoms with Gasteiger partial charge in [0.1, 0.15) is 5.60 Å². The lowest BCUT2D eigenvalue weighted by atomic mass is 9.97. The highest BCUT2D eigenvalue weighted by atomic mass is 16.3. The molecule has 88 valence electrons. The SMILES string of the molecule is CC1N(Cc2ccccc2)CCC1(O)CO. The minimum atomic E-state index is -0.922. The second kappa shape index (κ2) is 4.53. The summed E-state index contributed by atoms with van der Waals surface area (Å²) < 4.78 is 0. The third-order valence-corrected chi connectivity index (χ3v) is 3.66. The summed E-state index contributed by atoms with van der Waals surface area (Å²) in [5.74, 6) is 0. The molecular weight excluding hydrogens is 202 g/mol. The molecular formula is C13H19NO2. The summed E-state index contributed by atoms with van der Waals surface area (Å²) in [6.45, 7) is 3.50. The van der Waals surface area contributed by atoms with Gasteiger partial charge in [-0.1, -0.05) is 30.3 Å². The lowest BCUT2D eigenvalue weighted by molar-refractivity contribution is -0.0362. The second-order valence-electron chi connectivity index (χ2n) is 4.64. The summed E-state index contributed by atoms with van der Waals surface area (Å²) >= 11 is 0. The number of rotatable bonds is 3. The molecule has 1 saturated heterocycles. The lowest BCUT2D eigenvalue weighted by Crippen LogP contribution is -2.44. The van der Waals surface area contributed by atoms with E-state index in [-0.39, 0.29) is 12.6 Å². The summed E-state index contributed by atoms with van der Waals surface area (Å²) in [7, 11) is 0. The summed E-state index contributed by atoms with van der Waals surface area (Å²) in [5.41, 5.74) is 0.325. The van der Waals surface area contributed by atoms with Crippen molar-refractivity contribution in [1.29, 1.82) is 0 Å². The van der Waals surface area contributed by atoms with E-state index in [0.29, 0.717) is 6.42 Å². The molecule has 1 aliphatic heterocycles. The van der Waals surface area contributed by atoms with E-state index < -0.39 is 5.60 Å². The molecule has 1 aliphatic rings. The Labute approximate surface area is 96.3 Å². The van der Waals surface area contributed by atoms with Gasteiger partial charge in [-0.2, -0.15) is 0 Å². The summed E-state index contributed by atoms with van der Waals surface area (Å²) in [6, 6.07) is 10.2. The van der Waals surface area contributed by atoms with Crippen LogP contribution in [0.2, 0.25) is 0 Å². The highest BCUT2D eigenvalue weighted by Gasteiger charge is 2.42. The zero-order valence-corrected chi connectivity index (χ0v) is 9.63. The van der Waals surface area contributed by atoms with Crippen LogP contribution in [0.15, 0.2) is 30.3 Å². The van der Waals surface area contributed by atoms with E-state index in [1.54, 1.807) is 0 Å². The van der Waals surface area contributed by atoms with Gasteiger partial charge in [-0.05, 0) is 18.9 Å². The summed E-state index contributed by atoms with van der Waals surface area (Å²) in [6.07, 6.45) is 0.650. The molecule has 3 heteroatoms. The molecule has 0 amide bonds. The quantitative estimate of drug-likeness (QED) is 0.800. The van der Waals surface area contributed by atoms with E-state index in [1.807, 2.05) is 25.1 Å². The van der Waals surface area contributed by atoms with Gasteiger partial charge in [0.25, 0.3) is 0 Å². The van der Waals surface area contributed by atoms with Crippen molar-refractivity contribution in [1.82, 2.24) is 4.90 Å². The van der Waals surface area contributed by atoms with Gasteiger partial charge in [0.05, 0.1) is 6.61 Å². The molecule has 2 rings (SSSR count). The zero-order valence-electron chi connectivity index (χ0n) is 9.63.